The van der Waals surface area contributed by atoms with Crippen LogP contribution in [0.3, 0.4) is 0 Å². The molecule has 0 rings (SSSR count). The lowest BCUT2D eigenvalue weighted by atomic mass is 10.7. The molecular formula is C2H5INO2P. The van der Waals surface area contributed by atoms with E-state index in [1.54, 1.807) is 0 Å². The third kappa shape index (κ3) is 4.44. The van der Waals surface area contributed by atoms with Crippen LogP contribution in [0.15, 0.2) is 0 Å². The maximum absolute atomic E-state index is 10.1. The smallest absolute Gasteiger partial charge is 0.322 e. The van der Waals surface area contributed by atoms with Crippen LogP contribution in [0.25, 0.3) is 0 Å². The van der Waals surface area contributed by atoms with Crippen LogP contribution in [0.5, 0.6) is 0 Å². The molecule has 0 saturated heterocycles. The van der Waals surface area contributed by atoms with Gasteiger partial charge in [0.15, 0.2) is 0 Å². The number of rotatable bonds is 2. The summed E-state index contributed by atoms with van der Waals surface area (Å²) in [5.41, 5.74) is 0. The molecule has 7 heavy (non-hydrogen) atoms. The van der Waals surface area contributed by atoms with Gasteiger partial charge in [-0.25, -0.2) is 3.53 Å². The lowest BCUT2D eigenvalue weighted by Gasteiger charge is -1.91. The van der Waals surface area contributed by atoms with Gasteiger partial charge in [-0.15, -0.1) is 0 Å². The maximum Gasteiger partial charge on any atom is 0.322 e. The van der Waals surface area contributed by atoms with Crippen LogP contribution in [0.4, 0.5) is 0 Å². The summed E-state index contributed by atoms with van der Waals surface area (Å²) in [5.74, 6) is -0.278. The Labute approximate surface area is 58.0 Å². The third-order valence-corrected chi connectivity index (χ3v) is 0.987. The Balaban J connectivity index is 3.00. The van der Waals surface area contributed by atoms with Gasteiger partial charge < -0.3 is 4.52 Å². The molecule has 1 N–H and O–H groups in total. The first-order chi connectivity index (χ1) is 3.31. The minimum Gasteiger partial charge on any atom is -0.451 e. The Morgan fingerprint density at radius 3 is 2.71 bits per heavy atom. The van der Waals surface area contributed by atoms with Crippen molar-refractivity contribution in [2.24, 2.45) is 0 Å². The van der Waals surface area contributed by atoms with E-state index in [0.717, 1.165) is 0 Å². The summed E-state index contributed by atoms with van der Waals surface area (Å²) in [7, 11) is 1.88. The van der Waals surface area contributed by atoms with Crippen LogP contribution in [0.1, 0.15) is 0 Å². The number of hydrogen-bond acceptors (Lipinski definition) is 3. The predicted octanol–water partition coefficient (Wildman–Crippen LogP) is 0.259. The van der Waals surface area contributed by atoms with Gasteiger partial charge in [-0.3, -0.25) is 4.79 Å². The summed E-state index contributed by atoms with van der Waals surface area (Å²) in [6, 6.07) is 0. The normalized spacial score (nSPS) is 8.29. The summed E-state index contributed by atoms with van der Waals surface area (Å²) in [6.45, 7) is 0.254. The highest BCUT2D eigenvalue weighted by Crippen LogP contribution is 1.84. The molecule has 0 amide bonds. The standard InChI is InChI=1S/C2H5INO2P/c3-4-1-2(5)6-7/h4H,1,7H2. The summed E-state index contributed by atoms with van der Waals surface area (Å²) in [4.78, 5) is 10.1. The number of carbonyl (C=O) groups is 1. The monoisotopic (exact) mass is 233 g/mol. The topological polar surface area (TPSA) is 38.3 Å². The van der Waals surface area contributed by atoms with Crippen LogP contribution in [0, 0.1) is 0 Å². The Morgan fingerprint density at radius 1 is 2.00 bits per heavy atom. The van der Waals surface area contributed by atoms with E-state index in [4.69, 9.17) is 0 Å². The Hall–Kier alpha value is 0.590. The molecule has 0 heterocycles. The highest BCUT2D eigenvalue weighted by atomic mass is 127. The van der Waals surface area contributed by atoms with Gasteiger partial charge in [0.25, 0.3) is 0 Å². The molecule has 0 aliphatic heterocycles. The fourth-order valence-electron chi connectivity index (χ4n) is 0.0962. The number of carbonyl (C=O) groups excluding carboxylic acids is 1. The molecule has 1 unspecified atom stereocenters. The van der Waals surface area contributed by atoms with Crippen molar-refractivity contribution in [2.45, 2.75) is 0 Å². The van der Waals surface area contributed by atoms with E-state index in [2.05, 4.69) is 8.05 Å². The minimum absolute atomic E-state index is 0.254. The van der Waals surface area contributed by atoms with Gasteiger partial charge >= 0.3 is 5.97 Å². The average Bonchev–Trinajstić information content (AvgIpc) is 1.68. The second-order valence-corrected chi connectivity index (χ2v) is 1.80. The van der Waals surface area contributed by atoms with Crippen molar-refractivity contribution in [1.29, 1.82) is 0 Å². The van der Waals surface area contributed by atoms with Crippen molar-refractivity contribution in [3.05, 3.63) is 0 Å². The van der Waals surface area contributed by atoms with Gasteiger partial charge in [0.05, 0.1) is 9.47 Å². The Kier molecular flexibility index (Phi) is 5.14. The molecule has 1 atom stereocenters. The molecule has 0 aromatic heterocycles. The van der Waals surface area contributed by atoms with E-state index in [0.29, 0.717) is 0 Å². The van der Waals surface area contributed by atoms with Crippen molar-refractivity contribution in [3.8, 4) is 0 Å². The van der Waals surface area contributed by atoms with E-state index in [1.165, 1.54) is 0 Å². The van der Waals surface area contributed by atoms with Crippen molar-refractivity contribution >= 4 is 38.3 Å². The first-order valence-corrected chi connectivity index (χ1v) is 3.09. The highest BCUT2D eigenvalue weighted by Gasteiger charge is 1.93. The van der Waals surface area contributed by atoms with Gasteiger partial charge in [0.2, 0.25) is 0 Å². The Morgan fingerprint density at radius 2 is 2.57 bits per heavy atom. The van der Waals surface area contributed by atoms with Gasteiger partial charge in [-0.1, -0.05) is 0 Å². The molecule has 0 aromatic rings. The second-order valence-electron chi connectivity index (χ2n) is 0.800. The zero-order valence-corrected chi connectivity index (χ0v) is 6.79. The second kappa shape index (κ2) is 4.74. The lowest BCUT2D eigenvalue weighted by molar-refractivity contribution is -0.131. The van der Waals surface area contributed by atoms with Crippen LogP contribution in [-0.4, -0.2) is 12.5 Å². The summed E-state index contributed by atoms with van der Waals surface area (Å²) >= 11 is 1.87. The van der Waals surface area contributed by atoms with Gasteiger partial charge in [-0.05, 0) is 0 Å². The fourth-order valence-corrected chi connectivity index (χ4v) is 0.491. The molecule has 0 saturated carbocycles. The molecule has 42 valence electrons. The molecule has 0 aliphatic carbocycles. The zero-order valence-electron chi connectivity index (χ0n) is 3.48. The van der Waals surface area contributed by atoms with Crippen LogP contribution in [-0.2, 0) is 9.32 Å². The van der Waals surface area contributed by atoms with Crippen molar-refractivity contribution in [2.75, 3.05) is 6.54 Å². The predicted molar refractivity (Wildman–Crippen MR) is 37.8 cm³/mol. The summed E-state index contributed by atoms with van der Waals surface area (Å²) < 4.78 is 6.80. The molecule has 0 aromatic carbocycles. The van der Waals surface area contributed by atoms with Gasteiger partial charge in [-0.2, -0.15) is 0 Å². The first-order valence-electron chi connectivity index (χ1n) is 1.54. The summed E-state index contributed by atoms with van der Waals surface area (Å²) in [6.07, 6.45) is 0. The number of nitrogens with one attached hydrogen (secondary N) is 1. The van der Waals surface area contributed by atoms with E-state index in [9.17, 15) is 4.79 Å². The molecule has 0 radical (unpaired) electrons. The Bertz CT molecular complexity index is 68.7. The van der Waals surface area contributed by atoms with Gasteiger partial charge in [0, 0.05) is 22.9 Å². The number of halogens is 1. The molecule has 3 nitrogen and oxygen atoms in total. The van der Waals surface area contributed by atoms with E-state index < -0.39 is 0 Å². The quantitative estimate of drug-likeness (QED) is 0.422. The first kappa shape index (κ1) is 7.59. The number of hydrogen-bond donors (Lipinski definition) is 1. The fraction of sp³-hybridized carbons (Fsp3) is 0.500. The van der Waals surface area contributed by atoms with Crippen LogP contribution in [0.2, 0.25) is 0 Å². The largest absolute Gasteiger partial charge is 0.451 e. The summed E-state index contributed by atoms with van der Waals surface area (Å²) in [5, 5.41) is 0. The lowest BCUT2D eigenvalue weighted by Crippen LogP contribution is -2.12. The molecule has 0 fully saturated rings. The SMILES string of the molecule is O=C(CNI)OP. The maximum atomic E-state index is 10.1. The van der Waals surface area contributed by atoms with Crippen molar-refractivity contribution in [3.63, 3.8) is 0 Å². The van der Waals surface area contributed by atoms with E-state index in [1.807, 2.05) is 32.3 Å². The highest BCUT2D eigenvalue weighted by molar-refractivity contribution is 14.1. The van der Waals surface area contributed by atoms with Crippen LogP contribution < -0.4 is 3.53 Å². The van der Waals surface area contributed by atoms with Crippen LogP contribution >= 0.6 is 32.3 Å². The van der Waals surface area contributed by atoms with E-state index in [-0.39, 0.29) is 12.5 Å². The molecule has 0 spiro atoms. The van der Waals surface area contributed by atoms with Gasteiger partial charge in [0.1, 0.15) is 6.54 Å². The molecule has 5 heteroatoms. The molecule has 0 bridgehead atoms. The molecule has 0 aliphatic rings. The average molecular weight is 233 g/mol. The van der Waals surface area contributed by atoms with Crippen molar-refractivity contribution in [1.82, 2.24) is 3.53 Å². The van der Waals surface area contributed by atoms with Crippen molar-refractivity contribution < 1.29 is 9.32 Å². The molecular weight excluding hydrogens is 228 g/mol. The van der Waals surface area contributed by atoms with E-state index >= 15 is 0 Å². The third-order valence-electron chi connectivity index (χ3n) is 0.343. The minimum atomic E-state index is -0.278. The zero-order chi connectivity index (χ0) is 5.70.